The molecule has 0 unspecified atom stereocenters. The minimum absolute atomic E-state index is 0.683. The molecule has 0 aliphatic carbocycles. The summed E-state index contributed by atoms with van der Waals surface area (Å²) in [6.45, 7) is 3.66. The minimum atomic E-state index is 0.683. The van der Waals surface area contributed by atoms with Gasteiger partial charge in [0.25, 0.3) is 0 Å². The predicted molar refractivity (Wildman–Crippen MR) is 38.3 cm³/mol. The van der Waals surface area contributed by atoms with Crippen LogP contribution >= 0.6 is 0 Å². The molecule has 2 aromatic rings. The van der Waals surface area contributed by atoms with Crippen LogP contribution in [0.25, 0.3) is 11.0 Å². The zero-order valence-electron chi connectivity index (χ0n) is 5.33. The van der Waals surface area contributed by atoms with E-state index in [0.717, 1.165) is 11.0 Å². The number of fused-ring (bicyclic) bond motifs is 1. The number of hydrogen-bond acceptors (Lipinski definition) is 2. The average Bonchev–Trinajstić information content (AvgIpc) is 2.27. The summed E-state index contributed by atoms with van der Waals surface area (Å²) in [5.41, 5.74) is 1.85. The van der Waals surface area contributed by atoms with Crippen molar-refractivity contribution >= 4 is 11.0 Å². The fourth-order valence-corrected chi connectivity index (χ4v) is 0.910. The maximum atomic E-state index is 4.11. The van der Waals surface area contributed by atoms with Crippen LogP contribution in [0.15, 0.2) is 18.5 Å². The van der Waals surface area contributed by atoms with Crippen molar-refractivity contribution in [3.05, 3.63) is 31.2 Å². The fraction of sp³-hybridized carbons (Fsp3) is 0. The third-order valence-corrected chi connectivity index (χ3v) is 1.33. The van der Waals surface area contributed by atoms with Crippen LogP contribution in [0.3, 0.4) is 0 Å². The lowest BCUT2D eigenvalue weighted by Gasteiger charge is -1.80. The Bertz CT molecular complexity index is 317. The number of rotatable bonds is 0. The van der Waals surface area contributed by atoms with Crippen LogP contribution in [0.2, 0.25) is 0 Å². The molecule has 0 aromatic carbocycles. The fourth-order valence-electron chi connectivity index (χ4n) is 0.910. The number of nitrogens with zero attached hydrogens (tertiary/aromatic N) is 2. The summed E-state index contributed by atoms with van der Waals surface area (Å²) in [4.78, 5) is 11.0. The topological polar surface area (TPSA) is 41.6 Å². The SMILES string of the molecule is [CH2]c1nc2ccncc2[nH]1. The summed E-state index contributed by atoms with van der Waals surface area (Å²) >= 11 is 0. The van der Waals surface area contributed by atoms with Gasteiger partial charge in [0, 0.05) is 13.1 Å². The Hall–Kier alpha value is -1.38. The predicted octanol–water partition coefficient (Wildman–Crippen LogP) is 1.14. The third-order valence-electron chi connectivity index (χ3n) is 1.33. The van der Waals surface area contributed by atoms with E-state index >= 15 is 0 Å². The normalized spacial score (nSPS) is 10.5. The zero-order valence-corrected chi connectivity index (χ0v) is 5.33. The van der Waals surface area contributed by atoms with Crippen molar-refractivity contribution in [3.63, 3.8) is 0 Å². The van der Waals surface area contributed by atoms with Gasteiger partial charge in [0.15, 0.2) is 0 Å². The number of hydrogen-bond donors (Lipinski definition) is 1. The van der Waals surface area contributed by atoms with Crippen LogP contribution in [0.4, 0.5) is 0 Å². The molecule has 0 saturated carbocycles. The molecule has 0 amide bonds. The van der Waals surface area contributed by atoms with Crippen molar-refractivity contribution in [2.24, 2.45) is 0 Å². The van der Waals surface area contributed by atoms with E-state index in [4.69, 9.17) is 0 Å². The van der Waals surface area contributed by atoms with E-state index < -0.39 is 0 Å². The molecule has 0 aliphatic rings. The van der Waals surface area contributed by atoms with E-state index in [1.807, 2.05) is 6.07 Å². The van der Waals surface area contributed by atoms with Crippen LogP contribution in [0.1, 0.15) is 5.82 Å². The number of imidazole rings is 1. The van der Waals surface area contributed by atoms with Crippen LogP contribution in [-0.4, -0.2) is 15.0 Å². The molecule has 49 valence electrons. The highest BCUT2D eigenvalue weighted by atomic mass is 14.9. The monoisotopic (exact) mass is 132 g/mol. The quantitative estimate of drug-likeness (QED) is 0.584. The van der Waals surface area contributed by atoms with E-state index in [0.29, 0.717) is 5.82 Å². The van der Waals surface area contributed by atoms with Gasteiger partial charge < -0.3 is 4.98 Å². The molecular formula is C7H6N3. The Morgan fingerprint density at radius 1 is 1.50 bits per heavy atom. The molecule has 0 atom stereocenters. The van der Waals surface area contributed by atoms with E-state index in [1.54, 1.807) is 12.4 Å². The summed E-state index contributed by atoms with van der Waals surface area (Å²) in [5.74, 6) is 0.683. The Kier molecular flexibility index (Phi) is 0.974. The second kappa shape index (κ2) is 1.80. The van der Waals surface area contributed by atoms with Gasteiger partial charge >= 0.3 is 0 Å². The Morgan fingerprint density at radius 3 is 3.20 bits per heavy atom. The maximum Gasteiger partial charge on any atom is 0.107 e. The van der Waals surface area contributed by atoms with Gasteiger partial charge in [-0.2, -0.15) is 0 Å². The van der Waals surface area contributed by atoms with Crippen molar-refractivity contribution in [2.45, 2.75) is 0 Å². The van der Waals surface area contributed by atoms with Crippen LogP contribution in [-0.2, 0) is 0 Å². The molecule has 1 radical (unpaired) electrons. The molecule has 3 nitrogen and oxygen atoms in total. The first-order valence-corrected chi connectivity index (χ1v) is 2.98. The van der Waals surface area contributed by atoms with Gasteiger partial charge in [-0.25, -0.2) is 4.98 Å². The van der Waals surface area contributed by atoms with Gasteiger partial charge in [0.2, 0.25) is 0 Å². The van der Waals surface area contributed by atoms with Crippen LogP contribution in [0.5, 0.6) is 0 Å². The van der Waals surface area contributed by atoms with Crippen molar-refractivity contribution in [1.82, 2.24) is 15.0 Å². The van der Waals surface area contributed by atoms with Crippen molar-refractivity contribution in [2.75, 3.05) is 0 Å². The first kappa shape index (κ1) is 5.41. The number of nitrogens with one attached hydrogen (secondary N) is 1. The van der Waals surface area contributed by atoms with Crippen molar-refractivity contribution < 1.29 is 0 Å². The lowest BCUT2D eigenvalue weighted by molar-refractivity contribution is 1.25. The number of H-pyrrole nitrogens is 1. The first-order valence-electron chi connectivity index (χ1n) is 2.98. The summed E-state index contributed by atoms with van der Waals surface area (Å²) in [6, 6.07) is 1.85. The molecule has 0 saturated heterocycles. The van der Waals surface area contributed by atoms with Gasteiger partial charge in [0.05, 0.1) is 17.2 Å². The molecule has 3 heteroatoms. The molecule has 2 heterocycles. The van der Waals surface area contributed by atoms with E-state index in [-0.39, 0.29) is 0 Å². The van der Waals surface area contributed by atoms with Crippen LogP contribution in [0, 0.1) is 6.92 Å². The first-order chi connectivity index (χ1) is 4.86. The molecule has 2 rings (SSSR count). The summed E-state index contributed by atoms with van der Waals surface area (Å²) in [6.07, 6.45) is 3.44. The standard InChI is InChI=1S/C7H6N3/c1-5-9-6-2-3-8-4-7(6)10-5/h2-4H,1H2,(H,9,10). The Balaban J connectivity index is 2.88. The number of aromatic amines is 1. The highest BCUT2D eigenvalue weighted by Crippen LogP contribution is 2.06. The number of pyridine rings is 1. The molecule has 1 N–H and O–H groups in total. The molecule has 0 aliphatic heterocycles. The molecule has 2 aromatic heterocycles. The molecular weight excluding hydrogens is 126 g/mol. The van der Waals surface area contributed by atoms with Crippen LogP contribution < -0.4 is 0 Å². The summed E-state index contributed by atoms with van der Waals surface area (Å²) in [7, 11) is 0. The highest BCUT2D eigenvalue weighted by molar-refractivity contribution is 5.73. The maximum absolute atomic E-state index is 4.11. The Labute approximate surface area is 58.1 Å². The number of aromatic nitrogens is 3. The van der Waals surface area contributed by atoms with Gasteiger partial charge in [-0.1, -0.05) is 0 Å². The lowest BCUT2D eigenvalue weighted by atomic mass is 10.4. The molecule has 0 spiro atoms. The van der Waals surface area contributed by atoms with Gasteiger partial charge in [-0.3, -0.25) is 4.98 Å². The van der Waals surface area contributed by atoms with Gasteiger partial charge in [-0.15, -0.1) is 0 Å². The lowest BCUT2D eigenvalue weighted by Crippen LogP contribution is -1.69. The smallest absolute Gasteiger partial charge is 0.107 e. The van der Waals surface area contributed by atoms with Gasteiger partial charge in [0.1, 0.15) is 5.82 Å². The van der Waals surface area contributed by atoms with E-state index in [9.17, 15) is 0 Å². The second-order valence-electron chi connectivity index (χ2n) is 2.08. The minimum Gasteiger partial charge on any atom is -0.341 e. The molecule has 0 bridgehead atoms. The molecule has 10 heavy (non-hydrogen) atoms. The van der Waals surface area contributed by atoms with E-state index in [1.165, 1.54) is 0 Å². The Morgan fingerprint density at radius 2 is 2.40 bits per heavy atom. The van der Waals surface area contributed by atoms with Crippen molar-refractivity contribution in [3.8, 4) is 0 Å². The summed E-state index contributed by atoms with van der Waals surface area (Å²) in [5, 5.41) is 0. The third kappa shape index (κ3) is 0.673. The summed E-state index contributed by atoms with van der Waals surface area (Å²) < 4.78 is 0. The largest absolute Gasteiger partial charge is 0.341 e. The average molecular weight is 132 g/mol. The molecule has 0 fully saturated rings. The van der Waals surface area contributed by atoms with E-state index in [2.05, 4.69) is 21.9 Å². The zero-order chi connectivity index (χ0) is 6.97. The second-order valence-corrected chi connectivity index (χ2v) is 2.08. The van der Waals surface area contributed by atoms with Crippen molar-refractivity contribution in [1.29, 1.82) is 0 Å². The highest BCUT2D eigenvalue weighted by Gasteiger charge is 1.94. The van der Waals surface area contributed by atoms with Gasteiger partial charge in [-0.05, 0) is 6.07 Å².